The molecule has 1 N–H and O–H groups in total. The topological polar surface area (TPSA) is 21.3 Å². The minimum Gasteiger partial charge on any atom is -0.379 e. The number of benzene rings is 1. The molecule has 0 spiro atoms. The van der Waals surface area contributed by atoms with Crippen LogP contribution in [0.25, 0.3) is 0 Å². The second kappa shape index (κ2) is 7.55. The van der Waals surface area contributed by atoms with E-state index in [0.717, 1.165) is 26.1 Å². The summed E-state index contributed by atoms with van der Waals surface area (Å²) in [6.07, 6.45) is 1.41. The molecule has 2 heteroatoms. The summed E-state index contributed by atoms with van der Waals surface area (Å²) in [4.78, 5) is 0. The summed E-state index contributed by atoms with van der Waals surface area (Å²) in [6.45, 7) is 13.5. The standard InChI is InChI=1S/C16H27NO/c1-12(2)18-8-6-7-17-11-16-14(4)9-13(3)10-15(16)5/h9-10,12,17H,6-8,11H2,1-5H3. The van der Waals surface area contributed by atoms with Gasteiger partial charge in [-0.25, -0.2) is 0 Å². The largest absolute Gasteiger partial charge is 0.379 e. The fourth-order valence-corrected chi connectivity index (χ4v) is 2.22. The molecule has 0 aliphatic carbocycles. The third-order valence-electron chi connectivity index (χ3n) is 3.09. The average Bonchev–Trinajstić information content (AvgIpc) is 2.25. The van der Waals surface area contributed by atoms with Gasteiger partial charge in [0.25, 0.3) is 0 Å². The van der Waals surface area contributed by atoms with Gasteiger partial charge in [0.1, 0.15) is 0 Å². The van der Waals surface area contributed by atoms with Crippen LogP contribution in [-0.4, -0.2) is 19.3 Å². The van der Waals surface area contributed by atoms with Crippen molar-refractivity contribution in [3.05, 3.63) is 34.4 Å². The first-order valence-corrected chi connectivity index (χ1v) is 6.89. The fourth-order valence-electron chi connectivity index (χ4n) is 2.22. The van der Waals surface area contributed by atoms with Crippen molar-refractivity contribution >= 4 is 0 Å². The number of nitrogens with one attached hydrogen (secondary N) is 1. The normalized spacial score (nSPS) is 11.2. The van der Waals surface area contributed by atoms with Gasteiger partial charge in [-0.15, -0.1) is 0 Å². The monoisotopic (exact) mass is 249 g/mol. The molecule has 1 aromatic carbocycles. The molecule has 0 bridgehead atoms. The van der Waals surface area contributed by atoms with Gasteiger partial charge in [0.15, 0.2) is 0 Å². The lowest BCUT2D eigenvalue weighted by molar-refractivity contribution is 0.0770. The predicted octanol–water partition coefficient (Wildman–Crippen LogP) is 3.52. The second-order valence-electron chi connectivity index (χ2n) is 5.33. The molecule has 2 nitrogen and oxygen atoms in total. The van der Waals surface area contributed by atoms with E-state index in [1.807, 2.05) is 0 Å². The second-order valence-corrected chi connectivity index (χ2v) is 5.33. The van der Waals surface area contributed by atoms with Crippen molar-refractivity contribution in [3.8, 4) is 0 Å². The molecule has 0 aromatic heterocycles. The minimum atomic E-state index is 0.339. The Morgan fingerprint density at radius 2 is 1.72 bits per heavy atom. The van der Waals surface area contributed by atoms with Gasteiger partial charge in [-0.05, 0) is 64.3 Å². The van der Waals surface area contributed by atoms with E-state index < -0.39 is 0 Å². The van der Waals surface area contributed by atoms with E-state index in [-0.39, 0.29) is 0 Å². The van der Waals surface area contributed by atoms with E-state index in [4.69, 9.17) is 4.74 Å². The van der Waals surface area contributed by atoms with Gasteiger partial charge in [-0.1, -0.05) is 17.7 Å². The van der Waals surface area contributed by atoms with Gasteiger partial charge < -0.3 is 10.1 Å². The average molecular weight is 249 g/mol. The maximum Gasteiger partial charge on any atom is 0.0518 e. The highest BCUT2D eigenvalue weighted by Gasteiger charge is 2.03. The molecule has 102 valence electrons. The molecule has 1 aromatic rings. The fraction of sp³-hybridized carbons (Fsp3) is 0.625. The highest BCUT2D eigenvalue weighted by Crippen LogP contribution is 2.15. The van der Waals surface area contributed by atoms with Crippen LogP contribution < -0.4 is 5.32 Å². The van der Waals surface area contributed by atoms with E-state index >= 15 is 0 Å². The third-order valence-corrected chi connectivity index (χ3v) is 3.09. The lowest BCUT2D eigenvalue weighted by Gasteiger charge is -2.13. The summed E-state index contributed by atoms with van der Waals surface area (Å²) >= 11 is 0. The van der Waals surface area contributed by atoms with E-state index in [9.17, 15) is 0 Å². The number of hydrogen-bond acceptors (Lipinski definition) is 2. The van der Waals surface area contributed by atoms with E-state index in [0.29, 0.717) is 6.10 Å². The molecule has 0 fully saturated rings. The van der Waals surface area contributed by atoms with Crippen molar-refractivity contribution in [2.45, 2.75) is 53.7 Å². The summed E-state index contributed by atoms with van der Waals surface area (Å²) in [7, 11) is 0. The first kappa shape index (κ1) is 15.2. The van der Waals surface area contributed by atoms with Gasteiger partial charge in [-0.2, -0.15) is 0 Å². The van der Waals surface area contributed by atoms with E-state index in [2.05, 4.69) is 52.1 Å². The van der Waals surface area contributed by atoms with Crippen LogP contribution in [0.4, 0.5) is 0 Å². The first-order valence-electron chi connectivity index (χ1n) is 6.89. The zero-order valence-electron chi connectivity index (χ0n) is 12.5. The molecule has 0 heterocycles. The maximum atomic E-state index is 5.52. The zero-order chi connectivity index (χ0) is 13.5. The molecular weight excluding hydrogens is 222 g/mol. The van der Waals surface area contributed by atoms with Crippen molar-refractivity contribution in [3.63, 3.8) is 0 Å². The molecule has 0 saturated carbocycles. The predicted molar refractivity (Wildman–Crippen MR) is 78.1 cm³/mol. The summed E-state index contributed by atoms with van der Waals surface area (Å²) in [5.41, 5.74) is 5.56. The molecule has 18 heavy (non-hydrogen) atoms. The van der Waals surface area contributed by atoms with Crippen LogP contribution in [-0.2, 0) is 11.3 Å². The summed E-state index contributed by atoms with van der Waals surface area (Å²) in [6, 6.07) is 4.51. The first-order chi connectivity index (χ1) is 8.50. The Morgan fingerprint density at radius 3 is 2.28 bits per heavy atom. The zero-order valence-corrected chi connectivity index (χ0v) is 12.5. The summed E-state index contributed by atoms with van der Waals surface area (Å²) < 4.78 is 5.52. The Morgan fingerprint density at radius 1 is 1.11 bits per heavy atom. The Kier molecular flexibility index (Phi) is 6.37. The molecule has 0 unspecified atom stereocenters. The minimum absolute atomic E-state index is 0.339. The SMILES string of the molecule is Cc1cc(C)c(CNCCCOC(C)C)c(C)c1. The van der Waals surface area contributed by atoms with Crippen molar-refractivity contribution in [2.24, 2.45) is 0 Å². The highest BCUT2D eigenvalue weighted by atomic mass is 16.5. The molecule has 1 rings (SSSR count). The van der Waals surface area contributed by atoms with Gasteiger partial charge in [0.2, 0.25) is 0 Å². The van der Waals surface area contributed by atoms with Crippen LogP contribution in [0.2, 0.25) is 0 Å². The maximum absolute atomic E-state index is 5.52. The van der Waals surface area contributed by atoms with Crippen LogP contribution >= 0.6 is 0 Å². The number of ether oxygens (including phenoxy) is 1. The summed E-state index contributed by atoms with van der Waals surface area (Å²) in [5.74, 6) is 0. The third kappa shape index (κ3) is 5.19. The van der Waals surface area contributed by atoms with Crippen LogP contribution in [0.1, 0.15) is 42.5 Å². The Bertz CT molecular complexity index is 348. The summed E-state index contributed by atoms with van der Waals surface area (Å²) in [5, 5.41) is 3.50. The molecule has 0 aliphatic heterocycles. The van der Waals surface area contributed by atoms with Gasteiger partial charge >= 0.3 is 0 Å². The molecule has 0 amide bonds. The molecule has 0 radical (unpaired) electrons. The van der Waals surface area contributed by atoms with E-state index in [1.54, 1.807) is 0 Å². The Hall–Kier alpha value is -0.860. The van der Waals surface area contributed by atoms with Crippen LogP contribution in [0.5, 0.6) is 0 Å². The van der Waals surface area contributed by atoms with Crippen molar-refractivity contribution in [1.82, 2.24) is 5.32 Å². The Labute approximate surface area is 112 Å². The molecule has 0 atom stereocenters. The molecule has 0 aliphatic rings. The van der Waals surface area contributed by atoms with Crippen LogP contribution in [0, 0.1) is 20.8 Å². The smallest absolute Gasteiger partial charge is 0.0518 e. The van der Waals surface area contributed by atoms with Gasteiger partial charge in [-0.3, -0.25) is 0 Å². The quantitative estimate of drug-likeness (QED) is 0.747. The van der Waals surface area contributed by atoms with Crippen LogP contribution in [0.15, 0.2) is 12.1 Å². The van der Waals surface area contributed by atoms with Crippen molar-refractivity contribution < 1.29 is 4.74 Å². The van der Waals surface area contributed by atoms with Crippen LogP contribution in [0.3, 0.4) is 0 Å². The number of rotatable bonds is 7. The van der Waals surface area contributed by atoms with Crippen molar-refractivity contribution in [2.75, 3.05) is 13.2 Å². The van der Waals surface area contributed by atoms with Gasteiger partial charge in [0, 0.05) is 13.2 Å². The lowest BCUT2D eigenvalue weighted by Crippen LogP contribution is -2.18. The lowest BCUT2D eigenvalue weighted by atomic mass is 10.00. The molecular formula is C16H27NO. The van der Waals surface area contributed by atoms with Crippen molar-refractivity contribution in [1.29, 1.82) is 0 Å². The number of hydrogen-bond donors (Lipinski definition) is 1. The molecule has 0 saturated heterocycles. The van der Waals surface area contributed by atoms with E-state index in [1.165, 1.54) is 22.3 Å². The highest BCUT2D eigenvalue weighted by molar-refractivity contribution is 5.37. The Balaban J connectivity index is 2.31. The van der Waals surface area contributed by atoms with Gasteiger partial charge in [0.05, 0.1) is 6.10 Å². The number of aryl methyl sites for hydroxylation is 3.